The zero-order valence-corrected chi connectivity index (χ0v) is 16.6. The van der Waals surface area contributed by atoms with E-state index in [0.717, 1.165) is 44.0 Å². The Morgan fingerprint density at radius 2 is 1.97 bits per heavy atom. The maximum atomic E-state index is 4.48. The highest BCUT2D eigenvalue weighted by atomic mass is 15.6. The molecule has 7 heteroatoms. The molecule has 0 bridgehead atoms. The molecule has 0 radical (unpaired) electrons. The van der Waals surface area contributed by atoms with Crippen LogP contribution in [0.2, 0.25) is 0 Å². The van der Waals surface area contributed by atoms with Crippen molar-refractivity contribution in [2.75, 3.05) is 26.2 Å². The average molecular weight is 390 g/mol. The molecule has 150 valence electrons. The highest BCUT2D eigenvalue weighted by molar-refractivity contribution is 5.22. The van der Waals surface area contributed by atoms with Crippen molar-refractivity contribution in [3.05, 3.63) is 71.8 Å². The number of aromatic nitrogens is 5. The van der Waals surface area contributed by atoms with Crippen molar-refractivity contribution in [3.63, 3.8) is 0 Å². The number of rotatable bonds is 6. The van der Waals surface area contributed by atoms with Crippen LogP contribution in [0.3, 0.4) is 0 Å². The molecule has 0 amide bonds. The van der Waals surface area contributed by atoms with Crippen LogP contribution in [0.25, 0.3) is 0 Å². The van der Waals surface area contributed by atoms with Crippen LogP contribution in [0.5, 0.6) is 0 Å². The van der Waals surface area contributed by atoms with Crippen LogP contribution in [-0.2, 0) is 13.0 Å². The van der Waals surface area contributed by atoms with Gasteiger partial charge in [0, 0.05) is 44.6 Å². The molecule has 29 heavy (non-hydrogen) atoms. The van der Waals surface area contributed by atoms with Crippen LogP contribution in [-0.4, -0.2) is 67.2 Å². The van der Waals surface area contributed by atoms with Crippen molar-refractivity contribution in [1.82, 2.24) is 35.0 Å². The van der Waals surface area contributed by atoms with Gasteiger partial charge in [-0.1, -0.05) is 36.4 Å². The van der Waals surface area contributed by atoms with E-state index in [1.54, 1.807) is 0 Å². The van der Waals surface area contributed by atoms with Gasteiger partial charge in [-0.15, -0.1) is 5.10 Å². The first-order valence-corrected chi connectivity index (χ1v) is 10.6. The van der Waals surface area contributed by atoms with E-state index in [9.17, 15) is 0 Å². The van der Waals surface area contributed by atoms with Gasteiger partial charge in [-0.3, -0.25) is 14.8 Å². The lowest BCUT2D eigenvalue weighted by Crippen LogP contribution is -2.51. The third-order valence-electron chi connectivity index (χ3n) is 6.24. The third-order valence-corrected chi connectivity index (χ3v) is 6.24. The molecule has 0 N–H and O–H groups in total. The number of aryl methyl sites for hydroxylation is 2. The van der Waals surface area contributed by atoms with Crippen molar-refractivity contribution in [3.8, 4) is 0 Å². The summed E-state index contributed by atoms with van der Waals surface area (Å²) in [6.45, 7) is 5.22. The minimum Gasteiger partial charge on any atom is -0.298 e. The number of hydrogen-bond donors (Lipinski definition) is 0. The summed E-state index contributed by atoms with van der Waals surface area (Å²) in [5.41, 5.74) is 2.46. The Balaban J connectivity index is 1.42. The number of tetrazole rings is 1. The molecule has 2 fully saturated rings. The maximum Gasteiger partial charge on any atom is 0.173 e. The summed E-state index contributed by atoms with van der Waals surface area (Å²) < 4.78 is 1.98. The molecule has 2 aliphatic heterocycles. The largest absolute Gasteiger partial charge is 0.298 e. The van der Waals surface area contributed by atoms with E-state index < -0.39 is 0 Å². The Hall–Kier alpha value is -2.64. The summed E-state index contributed by atoms with van der Waals surface area (Å²) in [5, 5.41) is 12.9. The van der Waals surface area contributed by atoms with Crippen LogP contribution >= 0.6 is 0 Å². The Bertz CT molecular complexity index is 911. The molecule has 4 heterocycles. The second-order valence-electron chi connectivity index (χ2n) is 8.01. The maximum absolute atomic E-state index is 4.48. The first-order valence-electron chi connectivity index (χ1n) is 10.6. The standard InChI is InChI=1S/C22H27N7/c1-2-6-18(7-3-1)10-13-29-22(24-25-26-29)21(19-8-4-11-23-16-19)28-15-14-27-12-5-9-20(27)17-28/h1-4,6-8,11,16,20-21H,5,9-10,12-15,17H2/t20-,21+/m0/s1. The summed E-state index contributed by atoms with van der Waals surface area (Å²) in [7, 11) is 0. The number of hydrogen-bond acceptors (Lipinski definition) is 6. The summed E-state index contributed by atoms with van der Waals surface area (Å²) in [6.07, 6.45) is 7.30. The van der Waals surface area contributed by atoms with E-state index in [1.165, 1.54) is 24.9 Å². The van der Waals surface area contributed by atoms with Crippen molar-refractivity contribution in [2.45, 2.75) is 37.9 Å². The molecule has 0 aliphatic carbocycles. The second-order valence-corrected chi connectivity index (χ2v) is 8.01. The van der Waals surface area contributed by atoms with Crippen molar-refractivity contribution < 1.29 is 0 Å². The first kappa shape index (κ1) is 18.4. The van der Waals surface area contributed by atoms with Gasteiger partial charge in [0.15, 0.2) is 5.82 Å². The predicted octanol–water partition coefficient (Wildman–Crippen LogP) is 2.18. The Kier molecular flexibility index (Phi) is 5.32. The summed E-state index contributed by atoms with van der Waals surface area (Å²) >= 11 is 0. The molecule has 7 nitrogen and oxygen atoms in total. The van der Waals surface area contributed by atoms with E-state index in [2.05, 4.69) is 60.6 Å². The summed E-state index contributed by atoms with van der Waals surface area (Å²) in [5.74, 6) is 0.917. The van der Waals surface area contributed by atoms with Crippen LogP contribution in [0.4, 0.5) is 0 Å². The molecule has 2 aromatic heterocycles. The fourth-order valence-electron chi connectivity index (χ4n) is 4.76. The SMILES string of the molecule is c1ccc(CCn2nnnc2[C@@H](c2cccnc2)N2CCN3CCC[C@H]3C2)cc1. The lowest BCUT2D eigenvalue weighted by Gasteiger charge is -2.41. The molecule has 0 saturated carbocycles. The van der Waals surface area contributed by atoms with Gasteiger partial charge in [0.05, 0.1) is 6.04 Å². The van der Waals surface area contributed by atoms with E-state index in [1.807, 2.05) is 29.2 Å². The molecule has 0 unspecified atom stereocenters. The number of nitrogens with zero attached hydrogens (tertiary/aromatic N) is 7. The van der Waals surface area contributed by atoms with Crippen LogP contribution in [0.15, 0.2) is 54.9 Å². The molecule has 2 aliphatic rings. The van der Waals surface area contributed by atoms with Gasteiger partial charge in [-0.2, -0.15) is 0 Å². The van der Waals surface area contributed by atoms with Crippen molar-refractivity contribution in [2.24, 2.45) is 0 Å². The van der Waals surface area contributed by atoms with Gasteiger partial charge in [0.1, 0.15) is 0 Å². The Labute approximate surface area is 171 Å². The second kappa shape index (κ2) is 8.39. The molecular weight excluding hydrogens is 362 g/mol. The zero-order chi connectivity index (χ0) is 19.5. The Morgan fingerprint density at radius 1 is 1.03 bits per heavy atom. The zero-order valence-electron chi connectivity index (χ0n) is 16.6. The molecular formula is C22H27N7. The fraction of sp³-hybridized carbons (Fsp3) is 0.455. The van der Waals surface area contributed by atoms with E-state index in [-0.39, 0.29) is 6.04 Å². The summed E-state index contributed by atoms with van der Waals surface area (Å²) in [6, 6.07) is 15.4. The van der Waals surface area contributed by atoms with Crippen LogP contribution in [0, 0.1) is 0 Å². The van der Waals surface area contributed by atoms with Crippen molar-refractivity contribution >= 4 is 0 Å². The number of fused-ring (bicyclic) bond motifs is 1. The molecule has 2 atom stereocenters. The highest BCUT2D eigenvalue weighted by Gasteiger charge is 2.36. The number of benzene rings is 1. The molecule has 0 spiro atoms. The van der Waals surface area contributed by atoms with Crippen molar-refractivity contribution in [1.29, 1.82) is 0 Å². The highest BCUT2D eigenvalue weighted by Crippen LogP contribution is 2.31. The van der Waals surface area contributed by atoms with Crippen LogP contribution in [0.1, 0.15) is 35.8 Å². The third kappa shape index (κ3) is 3.93. The Morgan fingerprint density at radius 3 is 2.83 bits per heavy atom. The fourth-order valence-corrected chi connectivity index (χ4v) is 4.76. The minimum atomic E-state index is 0.0391. The van der Waals surface area contributed by atoms with Crippen LogP contribution < -0.4 is 0 Å². The van der Waals surface area contributed by atoms with Gasteiger partial charge in [0.2, 0.25) is 0 Å². The van der Waals surface area contributed by atoms with Gasteiger partial charge in [-0.05, 0) is 53.4 Å². The van der Waals surface area contributed by atoms with Gasteiger partial charge in [0.25, 0.3) is 0 Å². The average Bonchev–Trinajstić information content (AvgIpc) is 3.43. The number of pyridine rings is 1. The van der Waals surface area contributed by atoms with E-state index in [0.29, 0.717) is 6.04 Å². The van der Waals surface area contributed by atoms with Gasteiger partial charge in [-0.25, -0.2) is 4.68 Å². The molecule has 3 aromatic rings. The summed E-state index contributed by atoms with van der Waals surface area (Å²) in [4.78, 5) is 9.57. The van der Waals surface area contributed by atoms with Gasteiger partial charge < -0.3 is 0 Å². The lowest BCUT2D eigenvalue weighted by molar-refractivity contribution is 0.0791. The minimum absolute atomic E-state index is 0.0391. The van der Waals surface area contributed by atoms with E-state index >= 15 is 0 Å². The molecule has 2 saturated heterocycles. The number of piperazine rings is 1. The monoisotopic (exact) mass is 389 g/mol. The lowest BCUT2D eigenvalue weighted by atomic mass is 10.0. The van der Waals surface area contributed by atoms with Gasteiger partial charge >= 0.3 is 0 Å². The normalized spacial score (nSPS) is 21.2. The smallest absolute Gasteiger partial charge is 0.173 e. The van der Waals surface area contributed by atoms with E-state index in [4.69, 9.17) is 0 Å². The first-order chi connectivity index (χ1) is 14.4. The topological polar surface area (TPSA) is 63.0 Å². The molecule has 1 aromatic carbocycles. The quantitative estimate of drug-likeness (QED) is 0.644. The predicted molar refractivity (Wildman–Crippen MR) is 110 cm³/mol. The molecule has 5 rings (SSSR count).